The van der Waals surface area contributed by atoms with Crippen molar-refractivity contribution in [3.8, 4) is 11.4 Å². The van der Waals surface area contributed by atoms with Gasteiger partial charge in [-0.25, -0.2) is 13.8 Å². The Balaban J connectivity index is 2.31. The Bertz CT molecular complexity index is 843. The highest BCUT2D eigenvalue weighted by molar-refractivity contribution is 6.30. The number of halogens is 3. The Hall–Kier alpha value is -1.98. The van der Waals surface area contributed by atoms with Crippen molar-refractivity contribution in [2.24, 2.45) is 12.8 Å². The second-order valence-electron chi connectivity index (χ2n) is 4.73. The number of imidazole rings is 1. The van der Waals surface area contributed by atoms with Gasteiger partial charge >= 0.3 is 0 Å². The minimum atomic E-state index is -0.681. The fourth-order valence-corrected chi connectivity index (χ4v) is 2.52. The van der Waals surface area contributed by atoms with Gasteiger partial charge in [0.25, 0.3) is 0 Å². The molecule has 0 amide bonds. The summed E-state index contributed by atoms with van der Waals surface area (Å²) in [5.74, 6) is -0.966. The molecule has 6 heteroatoms. The molecule has 0 bridgehead atoms. The van der Waals surface area contributed by atoms with Crippen LogP contribution in [0.4, 0.5) is 8.78 Å². The third-order valence-corrected chi connectivity index (χ3v) is 3.76. The summed E-state index contributed by atoms with van der Waals surface area (Å²) in [4.78, 5) is 4.42. The van der Waals surface area contributed by atoms with Crippen LogP contribution in [0.3, 0.4) is 0 Å². The fraction of sp³-hybridized carbons (Fsp3) is 0.133. The van der Waals surface area contributed by atoms with Crippen LogP contribution < -0.4 is 5.73 Å². The van der Waals surface area contributed by atoms with Gasteiger partial charge in [0.1, 0.15) is 17.5 Å². The second kappa shape index (κ2) is 5.09. The summed E-state index contributed by atoms with van der Waals surface area (Å²) < 4.78 is 29.4. The predicted octanol–water partition coefficient (Wildman–Crippen LogP) is 3.63. The molecule has 1 aromatic heterocycles. The fourth-order valence-electron chi connectivity index (χ4n) is 2.37. The van der Waals surface area contributed by atoms with Gasteiger partial charge in [-0.3, -0.25) is 0 Å². The number of aryl methyl sites for hydroxylation is 1. The maximum atomic E-state index is 14.1. The zero-order chi connectivity index (χ0) is 15.1. The highest BCUT2D eigenvalue weighted by Crippen LogP contribution is 2.30. The average molecular weight is 308 g/mol. The molecule has 21 heavy (non-hydrogen) atoms. The molecule has 0 fully saturated rings. The van der Waals surface area contributed by atoms with Gasteiger partial charge in [0.15, 0.2) is 0 Å². The molecule has 108 valence electrons. The van der Waals surface area contributed by atoms with Crippen LogP contribution in [-0.4, -0.2) is 9.55 Å². The van der Waals surface area contributed by atoms with E-state index >= 15 is 0 Å². The molecule has 2 N–H and O–H groups in total. The Morgan fingerprint density at radius 2 is 2.00 bits per heavy atom. The van der Waals surface area contributed by atoms with Crippen molar-refractivity contribution in [1.29, 1.82) is 0 Å². The van der Waals surface area contributed by atoms with E-state index < -0.39 is 11.6 Å². The maximum Gasteiger partial charge on any atom is 0.143 e. The molecule has 0 aliphatic carbocycles. The van der Waals surface area contributed by atoms with Crippen molar-refractivity contribution in [3.05, 3.63) is 52.6 Å². The Morgan fingerprint density at radius 3 is 2.71 bits per heavy atom. The first-order chi connectivity index (χ1) is 10.0. The number of para-hydroxylation sites is 1. The van der Waals surface area contributed by atoms with Crippen LogP contribution in [-0.2, 0) is 13.6 Å². The lowest BCUT2D eigenvalue weighted by Crippen LogP contribution is -1.97. The highest BCUT2D eigenvalue weighted by Gasteiger charge is 2.17. The van der Waals surface area contributed by atoms with E-state index in [4.69, 9.17) is 17.3 Å². The number of aromatic nitrogens is 2. The monoisotopic (exact) mass is 307 g/mol. The normalized spacial score (nSPS) is 11.3. The van der Waals surface area contributed by atoms with Gasteiger partial charge in [-0.05, 0) is 23.8 Å². The van der Waals surface area contributed by atoms with Gasteiger partial charge in [-0.2, -0.15) is 0 Å². The number of rotatable bonds is 2. The first-order valence-corrected chi connectivity index (χ1v) is 6.70. The number of hydrogen-bond donors (Lipinski definition) is 1. The molecule has 3 aromatic rings. The molecule has 0 saturated carbocycles. The third kappa shape index (κ3) is 2.18. The Labute approximate surface area is 125 Å². The van der Waals surface area contributed by atoms with E-state index in [0.717, 1.165) is 23.2 Å². The predicted molar refractivity (Wildman–Crippen MR) is 79.0 cm³/mol. The van der Waals surface area contributed by atoms with Crippen molar-refractivity contribution < 1.29 is 8.78 Å². The molecule has 0 spiro atoms. The highest BCUT2D eigenvalue weighted by atomic mass is 35.5. The van der Waals surface area contributed by atoms with Crippen LogP contribution in [0.1, 0.15) is 5.56 Å². The minimum Gasteiger partial charge on any atom is -0.327 e. The summed E-state index contributed by atoms with van der Waals surface area (Å²) in [5.41, 5.74) is 8.10. The Kier molecular flexibility index (Phi) is 3.39. The second-order valence-corrected chi connectivity index (χ2v) is 5.14. The van der Waals surface area contributed by atoms with Crippen LogP contribution in [0, 0.1) is 11.6 Å². The van der Waals surface area contributed by atoms with E-state index in [9.17, 15) is 8.78 Å². The van der Waals surface area contributed by atoms with Gasteiger partial charge in [-0.1, -0.05) is 23.7 Å². The summed E-state index contributed by atoms with van der Waals surface area (Å²) in [6.07, 6.45) is 0. The van der Waals surface area contributed by atoms with Crippen molar-refractivity contribution in [2.45, 2.75) is 6.54 Å². The minimum absolute atomic E-state index is 0.0681. The smallest absolute Gasteiger partial charge is 0.143 e. The van der Waals surface area contributed by atoms with Crippen LogP contribution in [0.25, 0.3) is 22.4 Å². The van der Waals surface area contributed by atoms with Gasteiger partial charge in [0.05, 0.1) is 21.6 Å². The largest absolute Gasteiger partial charge is 0.327 e. The molecule has 0 radical (unpaired) electrons. The van der Waals surface area contributed by atoms with Crippen LogP contribution >= 0.6 is 11.6 Å². The lowest BCUT2D eigenvalue weighted by atomic mass is 10.2. The molecule has 0 aliphatic heterocycles. The van der Waals surface area contributed by atoms with Crippen LogP contribution in [0.2, 0.25) is 5.02 Å². The molecule has 0 unspecified atom stereocenters. The van der Waals surface area contributed by atoms with E-state index in [1.54, 1.807) is 11.6 Å². The summed E-state index contributed by atoms with van der Waals surface area (Å²) in [6, 6.07) is 7.58. The van der Waals surface area contributed by atoms with Crippen LogP contribution in [0.15, 0.2) is 30.3 Å². The molecule has 1 heterocycles. The van der Waals surface area contributed by atoms with Crippen LogP contribution in [0.5, 0.6) is 0 Å². The molecule has 3 rings (SSSR count). The van der Waals surface area contributed by atoms with Crippen molar-refractivity contribution >= 4 is 22.6 Å². The van der Waals surface area contributed by atoms with E-state index in [1.807, 2.05) is 18.2 Å². The van der Waals surface area contributed by atoms with Gasteiger partial charge in [0.2, 0.25) is 0 Å². The summed E-state index contributed by atoms with van der Waals surface area (Å²) >= 11 is 5.58. The summed E-state index contributed by atoms with van der Waals surface area (Å²) in [6.45, 7) is 0.325. The third-order valence-electron chi connectivity index (χ3n) is 3.47. The molecule has 2 aromatic carbocycles. The maximum absolute atomic E-state index is 14.1. The Morgan fingerprint density at radius 1 is 1.24 bits per heavy atom. The number of hydrogen-bond acceptors (Lipinski definition) is 2. The van der Waals surface area contributed by atoms with Gasteiger partial charge < -0.3 is 10.3 Å². The molecule has 0 saturated heterocycles. The number of fused-ring (bicyclic) bond motifs is 1. The van der Waals surface area contributed by atoms with Gasteiger partial charge in [0, 0.05) is 13.6 Å². The summed E-state index contributed by atoms with van der Waals surface area (Å²) in [7, 11) is 1.75. The van der Waals surface area contributed by atoms with Crippen molar-refractivity contribution in [1.82, 2.24) is 9.55 Å². The molecule has 3 nitrogen and oxygen atoms in total. The number of benzene rings is 2. The molecular weight excluding hydrogens is 296 g/mol. The number of nitrogens with two attached hydrogens (primary N) is 1. The standard InChI is InChI=1S/C15H12ClF2N3/c1-21-13-4-2-3-8(7-19)14(13)20-15(21)9-5-12(18)10(16)6-11(9)17/h2-6H,7,19H2,1H3. The first-order valence-electron chi connectivity index (χ1n) is 6.32. The molecular formula is C15H12ClF2N3. The SMILES string of the molecule is Cn1c(-c2cc(F)c(Cl)cc2F)nc2c(CN)cccc21. The molecule has 0 atom stereocenters. The van der Waals surface area contributed by atoms with E-state index in [2.05, 4.69) is 4.98 Å². The van der Waals surface area contributed by atoms with Crippen molar-refractivity contribution in [2.75, 3.05) is 0 Å². The molecule has 0 aliphatic rings. The first kappa shape index (κ1) is 14.0. The van der Waals surface area contributed by atoms with E-state index in [0.29, 0.717) is 17.9 Å². The van der Waals surface area contributed by atoms with E-state index in [1.165, 1.54) is 0 Å². The summed E-state index contributed by atoms with van der Waals surface area (Å²) in [5, 5.41) is -0.252. The van der Waals surface area contributed by atoms with Gasteiger partial charge in [-0.15, -0.1) is 0 Å². The quantitative estimate of drug-likeness (QED) is 0.735. The van der Waals surface area contributed by atoms with E-state index in [-0.39, 0.29) is 10.6 Å². The average Bonchev–Trinajstić information content (AvgIpc) is 2.80. The lowest BCUT2D eigenvalue weighted by molar-refractivity contribution is 0.602. The zero-order valence-corrected chi connectivity index (χ0v) is 12.0. The van der Waals surface area contributed by atoms with Crippen molar-refractivity contribution in [3.63, 3.8) is 0 Å². The number of nitrogens with zero attached hydrogens (tertiary/aromatic N) is 2. The topological polar surface area (TPSA) is 43.8 Å². The zero-order valence-electron chi connectivity index (χ0n) is 11.2. The lowest BCUT2D eigenvalue weighted by Gasteiger charge is -2.05.